The number of hydrogen-bond donors (Lipinski definition) is 1. The number of halogens is 1. The van der Waals surface area contributed by atoms with Crippen LogP contribution in [0.2, 0.25) is 0 Å². The van der Waals surface area contributed by atoms with Crippen molar-refractivity contribution in [2.75, 3.05) is 0 Å². The molecule has 5 nitrogen and oxygen atoms in total. The van der Waals surface area contributed by atoms with Crippen LogP contribution in [0.25, 0.3) is 11.2 Å². The number of nitrogens with two attached hydrogens (primary N) is 1. The molecular weight excluding hydrogens is 276 g/mol. The van der Waals surface area contributed by atoms with E-state index < -0.39 is 5.54 Å². The molecule has 0 aliphatic carbocycles. The first kappa shape index (κ1) is 14.8. The molecule has 0 spiro atoms. The number of rotatable bonds is 4. The quantitative estimate of drug-likeness (QED) is 0.881. The second kappa shape index (κ2) is 5.05. The van der Waals surface area contributed by atoms with Crippen molar-refractivity contribution in [3.05, 3.63) is 23.7 Å². The molecule has 0 aliphatic rings. The van der Waals surface area contributed by atoms with Gasteiger partial charge >= 0.3 is 0 Å². The molecule has 2 rings (SSSR count). The minimum Gasteiger partial charge on any atom is -0.370 e. The number of alkyl halides is 1. The monoisotopic (exact) mass is 294 g/mol. The Morgan fingerprint density at radius 1 is 1.55 bits per heavy atom. The maximum Gasteiger partial charge on any atom is 0.219 e. The summed E-state index contributed by atoms with van der Waals surface area (Å²) in [5.74, 6) is 0.336. The highest BCUT2D eigenvalue weighted by Crippen LogP contribution is 2.31. The standard InChI is InChI=1S/C14H19ClN4O/c1-8-5-10-13(17-7-8)19(12(18-10)9(2)15)14(3,4)6-11(16)20/h5,7,9H,6H2,1-4H3,(H2,16,20). The van der Waals surface area contributed by atoms with Gasteiger partial charge in [0.1, 0.15) is 11.3 Å². The number of primary amides is 1. The van der Waals surface area contributed by atoms with Gasteiger partial charge in [0.2, 0.25) is 5.91 Å². The lowest BCUT2D eigenvalue weighted by atomic mass is 9.99. The molecule has 0 radical (unpaired) electrons. The zero-order valence-corrected chi connectivity index (χ0v) is 12.9. The van der Waals surface area contributed by atoms with Gasteiger partial charge in [-0.15, -0.1) is 11.6 Å². The zero-order valence-electron chi connectivity index (χ0n) is 12.1. The molecule has 0 aromatic carbocycles. The molecule has 0 fully saturated rings. The van der Waals surface area contributed by atoms with E-state index in [-0.39, 0.29) is 17.7 Å². The van der Waals surface area contributed by atoms with Crippen molar-refractivity contribution in [3.63, 3.8) is 0 Å². The van der Waals surface area contributed by atoms with E-state index in [2.05, 4.69) is 9.97 Å². The van der Waals surface area contributed by atoms with Crippen molar-refractivity contribution < 1.29 is 4.79 Å². The summed E-state index contributed by atoms with van der Waals surface area (Å²) in [4.78, 5) is 20.3. The second-order valence-corrected chi connectivity index (χ2v) is 6.39. The summed E-state index contributed by atoms with van der Waals surface area (Å²) < 4.78 is 1.92. The smallest absolute Gasteiger partial charge is 0.219 e. The van der Waals surface area contributed by atoms with E-state index in [4.69, 9.17) is 17.3 Å². The first-order chi connectivity index (χ1) is 9.22. The summed E-state index contributed by atoms with van der Waals surface area (Å²) >= 11 is 6.23. The Kier molecular flexibility index (Phi) is 3.73. The van der Waals surface area contributed by atoms with Gasteiger partial charge in [0.15, 0.2) is 5.65 Å². The summed E-state index contributed by atoms with van der Waals surface area (Å²) in [6, 6.07) is 1.96. The van der Waals surface area contributed by atoms with Crippen molar-refractivity contribution in [1.29, 1.82) is 0 Å². The van der Waals surface area contributed by atoms with Gasteiger partial charge in [-0.2, -0.15) is 0 Å². The minimum atomic E-state index is -0.526. The highest BCUT2D eigenvalue weighted by molar-refractivity contribution is 6.20. The third-order valence-corrected chi connectivity index (χ3v) is 3.42. The van der Waals surface area contributed by atoms with Crippen molar-refractivity contribution in [3.8, 4) is 0 Å². The first-order valence-electron chi connectivity index (χ1n) is 6.50. The maximum absolute atomic E-state index is 11.3. The summed E-state index contributed by atoms with van der Waals surface area (Å²) in [5.41, 5.74) is 7.37. The van der Waals surface area contributed by atoms with Crippen LogP contribution in [0.3, 0.4) is 0 Å². The van der Waals surface area contributed by atoms with Gasteiger partial charge in [-0.25, -0.2) is 9.97 Å². The van der Waals surface area contributed by atoms with Crippen molar-refractivity contribution in [2.45, 2.75) is 45.0 Å². The number of aromatic nitrogens is 3. The molecule has 6 heteroatoms. The molecule has 108 valence electrons. The van der Waals surface area contributed by atoms with E-state index in [9.17, 15) is 4.79 Å². The van der Waals surface area contributed by atoms with Gasteiger partial charge in [0.05, 0.1) is 10.9 Å². The highest BCUT2D eigenvalue weighted by atomic mass is 35.5. The fourth-order valence-corrected chi connectivity index (χ4v) is 2.60. The topological polar surface area (TPSA) is 73.8 Å². The van der Waals surface area contributed by atoms with Crippen molar-refractivity contribution >= 4 is 28.7 Å². The number of imidazole rings is 1. The Morgan fingerprint density at radius 3 is 2.75 bits per heavy atom. The summed E-state index contributed by atoms with van der Waals surface area (Å²) in [5, 5.41) is -0.281. The van der Waals surface area contributed by atoms with Crippen LogP contribution in [0.15, 0.2) is 12.3 Å². The number of fused-ring (bicyclic) bond motifs is 1. The van der Waals surface area contributed by atoms with Gasteiger partial charge in [-0.3, -0.25) is 4.79 Å². The second-order valence-electron chi connectivity index (χ2n) is 5.73. The van der Waals surface area contributed by atoms with Gasteiger partial charge in [-0.1, -0.05) is 0 Å². The fraction of sp³-hybridized carbons (Fsp3) is 0.500. The number of pyridine rings is 1. The molecule has 0 saturated heterocycles. The SMILES string of the molecule is Cc1cnc2c(c1)nc(C(C)Cl)n2C(C)(C)CC(N)=O. The molecular formula is C14H19ClN4O. The fourth-order valence-electron chi connectivity index (χ4n) is 2.45. The van der Waals surface area contributed by atoms with E-state index in [0.29, 0.717) is 5.82 Å². The van der Waals surface area contributed by atoms with Gasteiger partial charge < -0.3 is 10.3 Å². The lowest BCUT2D eigenvalue weighted by Gasteiger charge is -2.28. The maximum atomic E-state index is 11.3. The summed E-state index contributed by atoms with van der Waals surface area (Å²) in [7, 11) is 0. The number of nitrogens with zero attached hydrogens (tertiary/aromatic N) is 3. The van der Waals surface area contributed by atoms with Crippen LogP contribution in [0.5, 0.6) is 0 Å². The van der Waals surface area contributed by atoms with E-state index in [1.807, 2.05) is 38.3 Å². The van der Waals surface area contributed by atoms with Crippen LogP contribution >= 0.6 is 11.6 Å². The van der Waals surface area contributed by atoms with E-state index in [1.54, 1.807) is 6.20 Å². The van der Waals surface area contributed by atoms with Crippen LogP contribution in [0.4, 0.5) is 0 Å². The molecule has 0 bridgehead atoms. The average molecular weight is 295 g/mol. The third kappa shape index (κ3) is 2.63. The molecule has 2 aromatic rings. The Labute approximate surface area is 123 Å². The third-order valence-electron chi connectivity index (χ3n) is 3.23. The van der Waals surface area contributed by atoms with E-state index >= 15 is 0 Å². The number of aryl methyl sites for hydroxylation is 1. The Bertz CT molecular complexity index is 660. The van der Waals surface area contributed by atoms with Gasteiger partial charge in [0, 0.05) is 12.6 Å². The highest BCUT2D eigenvalue weighted by Gasteiger charge is 2.30. The number of carbonyl (C=O) groups is 1. The molecule has 2 aromatic heterocycles. The molecule has 0 aliphatic heterocycles. The summed E-state index contributed by atoms with van der Waals surface area (Å²) in [6.07, 6.45) is 1.98. The van der Waals surface area contributed by atoms with Crippen LogP contribution < -0.4 is 5.73 Å². The van der Waals surface area contributed by atoms with Gasteiger partial charge in [0.25, 0.3) is 0 Å². The van der Waals surface area contributed by atoms with E-state index in [0.717, 1.165) is 16.7 Å². The zero-order chi connectivity index (χ0) is 15.1. The first-order valence-corrected chi connectivity index (χ1v) is 6.94. The predicted molar refractivity (Wildman–Crippen MR) is 79.7 cm³/mol. The number of hydrogen-bond acceptors (Lipinski definition) is 3. The predicted octanol–water partition coefficient (Wildman–Crippen LogP) is 2.65. The van der Waals surface area contributed by atoms with Crippen LogP contribution in [-0.4, -0.2) is 20.4 Å². The molecule has 1 amide bonds. The van der Waals surface area contributed by atoms with Gasteiger partial charge in [-0.05, 0) is 39.3 Å². The normalized spacial score (nSPS) is 13.7. The molecule has 0 saturated carbocycles. The average Bonchev–Trinajstić information content (AvgIpc) is 2.66. The molecule has 2 heterocycles. The Morgan fingerprint density at radius 2 is 2.20 bits per heavy atom. The Balaban J connectivity index is 2.71. The van der Waals surface area contributed by atoms with Crippen LogP contribution in [-0.2, 0) is 10.3 Å². The molecule has 1 atom stereocenters. The van der Waals surface area contributed by atoms with E-state index in [1.165, 1.54) is 0 Å². The molecule has 2 N–H and O–H groups in total. The largest absolute Gasteiger partial charge is 0.370 e. The summed E-state index contributed by atoms with van der Waals surface area (Å²) in [6.45, 7) is 7.68. The number of carbonyl (C=O) groups excluding carboxylic acids is 1. The lowest BCUT2D eigenvalue weighted by Crippen LogP contribution is -2.33. The van der Waals surface area contributed by atoms with Crippen LogP contribution in [0.1, 0.15) is 44.0 Å². The minimum absolute atomic E-state index is 0.199. The molecule has 20 heavy (non-hydrogen) atoms. The van der Waals surface area contributed by atoms with Crippen molar-refractivity contribution in [2.24, 2.45) is 5.73 Å². The van der Waals surface area contributed by atoms with Crippen molar-refractivity contribution in [1.82, 2.24) is 14.5 Å². The molecule has 1 unspecified atom stereocenters. The lowest BCUT2D eigenvalue weighted by molar-refractivity contribution is -0.119. The van der Waals surface area contributed by atoms with Crippen LogP contribution in [0, 0.1) is 6.92 Å². The Hall–Kier alpha value is -1.62. The number of amides is 1.